The van der Waals surface area contributed by atoms with E-state index in [1.165, 1.54) is 0 Å². The molecule has 0 bridgehead atoms. The highest BCUT2D eigenvalue weighted by Gasteiger charge is 2.30. The van der Waals surface area contributed by atoms with E-state index < -0.39 is 0 Å². The molecule has 5 nitrogen and oxygen atoms in total. The van der Waals surface area contributed by atoms with Gasteiger partial charge in [0.1, 0.15) is 0 Å². The summed E-state index contributed by atoms with van der Waals surface area (Å²) >= 11 is 0. The summed E-state index contributed by atoms with van der Waals surface area (Å²) in [5, 5.41) is 5.69. The first kappa shape index (κ1) is 15.5. The number of hydrogen-bond acceptors (Lipinski definition) is 3. The minimum atomic E-state index is -0.104. The fraction of sp³-hybridized carbons (Fsp3) is 0.500. The van der Waals surface area contributed by atoms with Gasteiger partial charge in [0.25, 0.3) is 5.91 Å². The third-order valence-electron chi connectivity index (χ3n) is 3.99. The molecule has 0 aromatic heterocycles. The average molecular weight is 289 g/mol. The molecule has 1 aliphatic rings. The van der Waals surface area contributed by atoms with Gasteiger partial charge in [-0.3, -0.25) is 9.59 Å². The molecule has 0 heterocycles. The zero-order chi connectivity index (χ0) is 15.4. The number of carbonyl (C=O) groups excluding carboxylic acids is 2. The number of hydrogen-bond donors (Lipinski definition) is 3. The largest absolute Gasteiger partial charge is 0.352 e. The van der Waals surface area contributed by atoms with Crippen molar-refractivity contribution >= 4 is 17.5 Å². The summed E-state index contributed by atoms with van der Waals surface area (Å²) in [6.45, 7) is 4.35. The summed E-state index contributed by atoms with van der Waals surface area (Å²) in [6.07, 6.45) is 2.77. The number of amides is 2. The van der Waals surface area contributed by atoms with Gasteiger partial charge in [-0.05, 0) is 50.5 Å². The highest BCUT2D eigenvalue weighted by Crippen LogP contribution is 2.26. The van der Waals surface area contributed by atoms with E-state index in [0.717, 1.165) is 30.5 Å². The quantitative estimate of drug-likeness (QED) is 0.790. The van der Waals surface area contributed by atoms with Crippen LogP contribution in [-0.2, 0) is 4.79 Å². The van der Waals surface area contributed by atoms with Gasteiger partial charge in [0.2, 0.25) is 5.91 Å². The Balaban J connectivity index is 2.07. The van der Waals surface area contributed by atoms with Crippen molar-refractivity contribution in [2.75, 3.05) is 11.9 Å². The van der Waals surface area contributed by atoms with Gasteiger partial charge in [-0.1, -0.05) is 6.42 Å². The lowest BCUT2D eigenvalue weighted by Gasteiger charge is -2.16. The molecule has 0 radical (unpaired) electrons. The fourth-order valence-electron chi connectivity index (χ4n) is 2.75. The molecule has 2 unspecified atom stereocenters. The van der Waals surface area contributed by atoms with Gasteiger partial charge in [0.05, 0.1) is 5.92 Å². The van der Waals surface area contributed by atoms with E-state index in [9.17, 15) is 9.59 Å². The maximum atomic E-state index is 12.2. The van der Waals surface area contributed by atoms with Crippen LogP contribution in [0.25, 0.3) is 0 Å². The highest BCUT2D eigenvalue weighted by molar-refractivity contribution is 5.97. The molecule has 1 saturated carbocycles. The van der Waals surface area contributed by atoms with Crippen molar-refractivity contribution in [1.29, 1.82) is 0 Å². The van der Waals surface area contributed by atoms with E-state index in [2.05, 4.69) is 10.6 Å². The second-order valence-corrected chi connectivity index (χ2v) is 5.58. The van der Waals surface area contributed by atoms with E-state index in [1.54, 1.807) is 18.2 Å². The van der Waals surface area contributed by atoms with Crippen molar-refractivity contribution in [3.8, 4) is 0 Å². The molecule has 1 fully saturated rings. The van der Waals surface area contributed by atoms with Crippen LogP contribution in [0, 0.1) is 12.8 Å². The highest BCUT2D eigenvalue weighted by atomic mass is 16.2. The summed E-state index contributed by atoms with van der Waals surface area (Å²) < 4.78 is 0. The molecule has 0 spiro atoms. The Kier molecular flexibility index (Phi) is 4.96. The molecular formula is C16H23N3O2. The fourth-order valence-corrected chi connectivity index (χ4v) is 2.75. The Morgan fingerprint density at radius 2 is 2.10 bits per heavy atom. The normalized spacial score (nSPS) is 21.1. The summed E-state index contributed by atoms with van der Waals surface area (Å²) in [5.41, 5.74) is 8.17. The first-order valence-electron chi connectivity index (χ1n) is 7.48. The number of anilines is 1. The maximum Gasteiger partial charge on any atom is 0.251 e. The first-order valence-corrected chi connectivity index (χ1v) is 7.48. The molecule has 0 saturated heterocycles. The molecular weight excluding hydrogens is 266 g/mol. The van der Waals surface area contributed by atoms with Gasteiger partial charge in [-0.25, -0.2) is 0 Å². The molecule has 114 valence electrons. The second kappa shape index (κ2) is 6.72. The predicted molar refractivity (Wildman–Crippen MR) is 83.1 cm³/mol. The minimum absolute atomic E-state index is 0.0196. The molecule has 1 aromatic carbocycles. The lowest BCUT2D eigenvalue weighted by molar-refractivity contribution is -0.120. The van der Waals surface area contributed by atoms with Crippen LogP contribution in [0.4, 0.5) is 5.69 Å². The number of nitrogens with two attached hydrogens (primary N) is 1. The van der Waals surface area contributed by atoms with Crippen LogP contribution in [0.2, 0.25) is 0 Å². The number of aryl methyl sites for hydroxylation is 1. The van der Waals surface area contributed by atoms with Crippen LogP contribution in [-0.4, -0.2) is 24.4 Å². The molecule has 2 amide bonds. The third kappa shape index (κ3) is 3.61. The third-order valence-corrected chi connectivity index (χ3v) is 3.99. The van der Waals surface area contributed by atoms with E-state index in [-0.39, 0.29) is 23.8 Å². The average Bonchev–Trinajstić information content (AvgIpc) is 2.87. The standard InChI is InChI=1S/C16H23N3O2/c1-3-18-15(20)11-7-8-14(10(2)9-11)19-16(21)12-5-4-6-13(12)17/h7-9,12-13H,3-6,17H2,1-2H3,(H,18,20)(H,19,21). The van der Waals surface area contributed by atoms with E-state index in [0.29, 0.717) is 12.1 Å². The predicted octanol–water partition coefficient (Wildman–Crippen LogP) is 1.81. The van der Waals surface area contributed by atoms with Gasteiger partial charge in [0, 0.05) is 23.8 Å². The Bertz CT molecular complexity index is 542. The van der Waals surface area contributed by atoms with Crippen molar-refractivity contribution in [3.63, 3.8) is 0 Å². The monoisotopic (exact) mass is 289 g/mol. The number of rotatable bonds is 4. The first-order chi connectivity index (χ1) is 10.0. The Labute approximate surface area is 125 Å². The number of nitrogens with one attached hydrogen (secondary N) is 2. The van der Waals surface area contributed by atoms with Gasteiger partial charge in [-0.15, -0.1) is 0 Å². The van der Waals surface area contributed by atoms with Crippen LogP contribution < -0.4 is 16.4 Å². The molecule has 2 atom stereocenters. The molecule has 1 aromatic rings. The van der Waals surface area contributed by atoms with Crippen molar-refractivity contribution in [1.82, 2.24) is 5.32 Å². The second-order valence-electron chi connectivity index (χ2n) is 5.58. The zero-order valence-corrected chi connectivity index (χ0v) is 12.6. The topological polar surface area (TPSA) is 84.2 Å². The molecule has 0 aliphatic heterocycles. The maximum absolute atomic E-state index is 12.2. The van der Waals surface area contributed by atoms with E-state index in [1.807, 2.05) is 13.8 Å². The molecule has 21 heavy (non-hydrogen) atoms. The van der Waals surface area contributed by atoms with Gasteiger partial charge >= 0.3 is 0 Å². The summed E-state index contributed by atoms with van der Waals surface area (Å²) in [6, 6.07) is 5.25. The van der Waals surface area contributed by atoms with Crippen LogP contribution >= 0.6 is 0 Å². The van der Waals surface area contributed by atoms with Gasteiger partial charge in [0.15, 0.2) is 0 Å². The zero-order valence-electron chi connectivity index (χ0n) is 12.6. The van der Waals surface area contributed by atoms with Crippen molar-refractivity contribution in [3.05, 3.63) is 29.3 Å². The Morgan fingerprint density at radius 3 is 2.67 bits per heavy atom. The van der Waals surface area contributed by atoms with Crippen LogP contribution in [0.3, 0.4) is 0 Å². The van der Waals surface area contributed by atoms with Crippen LogP contribution in [0.15, 0.2) is 18.2 Å². The van der Waals surface area contributed by atoms with Crippen molar-refractivity contribution in [2.24, 2.45) is 11.7 Å². The van der Waals surface area contributed by atoms with E-state index in [4.69, 9.17) is 5.73 Å². The summed E-state index contributed by atoms with van der Waals surface area (Å²) in [7, 11) is 0. The number of carbonyl (C=O) groups is 2. The van der Waals surface area contributed by atoms with Crippen LogP contribution in [0.1, 0.15) is 42.1 Å². The summed E-state index contributed by atoms with van der Waals surface area (Å²) in [4.78, 5) is 24.0. The van der Waals surface area contributed by atoms with E-state index >= 15 is 0 Å². The molecule has 5 heteroatoms. The van der Waals surface area contributed by atoms with Gasteiger partial charge in [-0.2, -0.15) is 0 Å². The minimum Gasteiger partial charge on any atom is -0.352 e. The van der Waals surface area contributed by atoms with Crippen molar-refractivity contribution < 1.29 is 9.59 Å². The Morgan fingerprint density at radius 1 is 1.33 bits per heavy atom. The van der Waals surface area contributed by atoms with Crippen LogP contribution in [0.5, 0.6) is 0 Å². The SMILES string of the molecule is CCNC(=O)c1ccc(NC(=O)C2CCCC2N)c(C)c1. The van der Waals surface area contributed by atoms with Crippen molar-refractivity contribution in [2.45, 2.75) is 39.2 Å². The van der Waals surface area contributed by atoms with Gasteiger partial charge < -0.3 is 16.4 Å². The Hall–Kier alpha value is -1.88. The number of benzene rings is 1. The lowest BCUT2D eigenvalue weighted by atomic mass is 10.0. The molecule has 4 N–H and O–H groups in total. The lowest BCUT2D eigenvalue weighted by Crippen LogP contribution is -2.34. The molecule has 1 aliphatic carbocycles. The summed E-state index contributed by atoms with van der Waals surface area (Å²) in [5.74, 6) is -0.224. The smallest absolute Gasteiger partial charge is 0.251 e. The molecule has 2 rings (SSSR count).